The van der Waals surface area contributed by atoms with Gasteiger partial charge in [-0.05, 0) is 24.3 Å². The molecular formula is C14H4Br2Cl2N4. The molecule has 0 aliphatic heterocycles. The zero-order valence-corrected chi connectivity index (χ0v) is 15.3. The van der Waals surface area contributed by atoms with Gasteiger partial charge in [-0.3, -0.25) is 0 Å². The van der Waals surface area contributed by atoms with Crippen LogP contribution in [0.25, 0.3) is 0 Å². The summed E-state index contributed by atoms with van der Waals surface area (Å²) in [5, 5.41) is 26.8. The number of nitriles is 2. The van der Waals surface area contributed by atoms with Crippen molar-refractivity contribution in [1.29, 1.82) is 10.5 Å². The minimum Gasteiger partial charge on any atom is -0.192 e. The number of azo groups is 1. The van der Waals surface area contributed by atoms with Crippen LogP contribution in [0, 0.1) is 22.7 Å². The predicted molar refractivity (Wildman–Crippen MR) is 91.9 cm³/mol. The summed E-state index contributed by atoms with van der Waals surface area (Å²) in [4.78, 5) is 0. The molecule has 0 N–H and O–H groups in total. The van der Waals surface area contributed by atoms with Gasteiger partial charge in [0.05, 0.1) is 21.2 Å². The fraction of sp³-hybridized carbons (Fsp3) is 0. The Labute approximate surface area is 153 Å². The first-order chi connectivity index (χ1) is 10.5. The lowest BCUT2D eigenvalue weighted by molar-refractivity contribution is 1.21. The zero-order chi connectivity index (χ0) is 16.3. The van der Waals surface area contributed by atoms with Crippen LogP contribution in [0.2, 0.25) is 10.0 Å². The average molecular weight is 459 g/mol. The Morgan fingerprint density at radius 2 is 1.14 bits per heavy atom. The van der Waals surface area contributed by atoms with Gasteiger partial charge in [-0.1, -0.05) is 55.1 Å². The standard InChI is InChI=1S/C14H4Br2Cl2N4/c15-9-1-7(5-19)13(11(17)3-9)21-22-14-8(6-20)2-10(16)4-12(14)18/h1-4H. The summed E-state index contributed by atoms with van der Waals surface area (Å²) in [5.41, 5.74) is 0.954. The molecule has 0 unspecified atom stereocenters. The van der Waals surface area contributed by atoms with Crippen molar-refractivity contribution in [3.8, 4) is 12.1 Å². The van der Waals surface area contributed by atoms with E-state index in [4.69, 9.17) is 33.7 Å². The number of hydrogen-bond acceptors (Lipinski definition) is 4. The fourth-order valence-corrected chi connectivity index (χ4v) is 3.30. The molecule has 2 aromatic carbocycles. The maximum atomic E-state index is 9.14. The highest BCUT2D eigenvalue weighted by molar-refractivity contribution is 9.10. The van der Waals surface area contributed by atoms with Crippen LogP contribution >= 0.6 is 55.1 Å². The highest BCUT2D eigenvalue weighted by atomic mass is 79.9. The number of rotatable bonds is 2. The highest BCUT2D eigenvalue weighted by Gasteiger charge is 2.11. The molecule has 0 aliphatic rings. The van der Waals surface area contributed by atoms with Crippen molar-refractivity contribution in [1.82, 2.24) is 0 Å². The third kappa shape index (κ3) is 3.66. The molecule has 4 nitrogen and oxygen atoms in total. The van der Waals surface area contributed by atoms with Crippen LogP contribution < -0.4 is 0 Å². The molecule has 2 aromatic rings. The topological polar surface area (TPSA) is 72.3 Å². The second-order valence-electron chi connectivity index (χ2n) is 3.99. The van der Waals surface area contributed by atoms with Gasteiger partial charge in [0.15, 0.2) is 0 Å². The van der Waals surface area contributed by atoms with E-state index in [1.807, 2.05) is 12.1 Å². The molecule has 22 heavy (non-hydrogen) atoms. The minimum absolute atomic E-state index is 0.218. The fourth-order valence-electron chi connectivity index (χ4n) is 1.61. The highest BCUT2D eigenvalue weighted by Crippen LogP contribution is 2.37. The second kappa shape index (κ2) is 7.21. The Kier molecular flexibility index (Phi) is 5.55. The van der Waals surface area contributed by atoms with Crippen LogP contribution in [0.3, 0.4) is 0 Å². The molecule has 8 heteroatoms. The van der Waals surface area contributed by atoms with Gasteiger partial charge < -0.3 is 0 Å². The summed E-state index contributed by atoms with van der Waals surface area (Å²) in [6, 6.07) is 10.3. The maximum absolute atomic E-state index is 9.14. The van der Waals surface area contributed by atoms with E-state index < -0.39 is 0 Å². The Bertz CT molecular complexity index is 795. The zero-order valence-electron chi connectivity index (χ0n) is 10.6. The molecule has 0 radical (unpaired) electrons. The lowest BCUT2D eigenvalue weighted by Gasteiger charge is -2.03. The molecule has 0 atom stereocenters. The lowest BCUT2D eigenvalue weighted by atomic mass is 10.2. The van der Waals surface area contributed by atoms with Crippen LogP contribution in [-0.2, 0) is 0 Å². The summed E-state index contributed by atoms with van der Waals surface area (Å²) in [5.74, 6) is 0. The van der Waals surface area contributed by atoms with E-state index in [-0.39, 0.29) is 32.5 Å². The van der Waals surface area contributed by atoms with Crippen LogP contribution in [-0.4, -0.2) is 0 Å². The van der Waals surface area contributed by atoms with Gasteiger partial charge in [-0.2, -0.15) is 10.5 Å². The summed E-state index contributed by atoms with van der Waals surface area (Å²) in [7, 11) is 0. The van der Waals surface area contributed by atoms with E-state index in [0.29, 0.717) is 8.95 Å². The van der Waals surface area contributed by atoms with Gasteiger partial charge in [0.25, 0.3) is 0 Å². The molecule has 0 bridgehead atoms. The van der Waals surface area contributed by atoms with Crippen LogP contribution in [0.1, 0.15) is 11.1 Å². The average Bonchev–Trinajstić information content (AvgIpc) is 2.46. The van der Waals surface area contributed by atoms with Gasteiger partial charge in [-0.25, -0.2) is 0 Å². The molecule has 0 heterocycles. The van der Waals surface area contributed by atoms with E-state index >= 15 is 0 Å². The monoisotopic (exact) mass is 456 g/mol. The maximum Gasteiger partial charge on any atom is 0.122 e. The molecule has 0 saturated heterocycles. The van der Waals surface area contributed by atoms with E-state index in [9.17, 15) is 0 Å². The van der Waals surface area contributed by atoms with Gasteiger partial charge in [0.2, 0.25) is 0 Å². The first kappa shape index (κ1) is 16.9. The molecule has 0 saturated carbocycles. The second-order valence-corrected chi connectivity index (χ2v) is 6.64. The molecule has 0 aliphatic carbocycles. The summed E-state index contributed by atoms with van der Waals surface area (Å²) >= 11 is 18.7. The van der Waals surface area contributed by atoms with Gasteiger partial charge in [-0.15, -0.1) is 10.2 Å². The van der Waals surface area contributed by atoms with Crippen LogP contribution in [0.15, 0.2) is 43.4 Å². The van der Waals surface area contributed by atoms with E-state index in [2.05, 4.69) is 42.1 Å². The quantitative estimate of drug-likeness (QED) is 0.471. The van der Waals surface area contributed by atoms with Crippen LogP contribution in [0.5, 0.6) is 0 Å². The first-order valence-corrected chi connectivity index (χ1v) is 8.00. The Balaban J connectivity index is 2.56. The smallest absolute Gasteiger partial charge is 0.122 e. The number of benzene rings is 2. The van der Waals surface area contributed by atoms with Crippen molar-refractivity contribution in [3.63, 3.8) is 0 Å². The first-order valence-electron chi connectivity index (χ1n) is 5.66. The van der Waals surface area contributed by atoms with Crippen molar-refractivity contribution < 1.29 is 0 Å². The third-order valence-corrected chi connectivity index (χ3v) is 4.04. The number of nitrogens with zero attached hydrogens (tertiary/aromatic N) is 4. The van der Waals surface area contributed by atoms with Crippen molar-refractivity contribution in [3.05, 3.63) is 54.4 Å². The Morgan fingerprint density at radius 1 is 0.773 bits per heavy atom. The molecule has 0 aromatic heterocycles. The number of hydrogen-bond donors (Lipinski definition) is 0. The molecule has 0 amide bonds. The van der Waals surface area contributed by atoms with Gasteiger partial charge >= 0.3 is 0 Å². The van der Waals surface area contributed by atoms with Gasteiger partial charge in [0, 0.05) is 8.95 Å². The van der Waals surface area contributed by atoms with Crippen molar-refractivity contribution >= 4 is 66.4 Å². The molecule has 2 rings (SSSR count). The van der Waals surface area contributed by atoms with Crippen molar-refractivity contribution in [2.45, 2.75) is 0 Å². The third-order valence-electron chi connectivity index (χ3n) is 2.55. The SMILES string of the molecule is N#Cc1cc(Br)cc(Cl)c1N=Nc1c(Cl)cc(Br)cc1C#N. The largest absolute Gasteiger partial charge is 0.192 e. The van der Waals surface area contributed by atoms with Gasteiger partial charge in [0.1, 0.15) is 23.5 Å². The summed E-state index contributed by atoms with van der Waals surface area (Å²) in [6.07, 6.45) is 0. The normalized spacial score (nSPS) is 10.5. The van der Waals surface area contributed by atoms with E-state index in [1.165, 1.54) is 0 Å². The number of halogens is 4. The van der Waals surface area contributed by atoms with Crippen molar-refractivity contribution in [2.24, 2.45) is 10.2 Å². The molecule has 0 spiro atoms. The van der Waals surface area contributed by atoms with E-state index in [0.717, 1.165) is 0 Å². The van der Waals surface area contributed by atoms with Crippen LogP contribution in [0.4, 0.5) is 11.4 Å². The summed E-state index contributed by atoms with van der Waals surface area (Å²) < 4.78 is 1.32. The molecule has 108 valence electrons. The molecular weight excluding hydrogens is 455 g/mol. The Hall–Kier alpha value is -1.44. The lowest BCUT2D eigenvalue weighted by Crippen LogP contribution is -1.81. The molecule has 0 fully saturated rings. The van der Waals surface area contributed by atoms with E-state index in [1.54, 1.807) is 24.3 Å². The van der Waals surface area contributed by atoms with Crippen molar-refractivity contribution in [2.75, 3.05) is 0 Å². The Morgan fingerprint density at radius 3 is 1.45 bits per heavy atom. The summed E-state index contributed by atoms with van der Waals surface area (Å²) in [6.45, 7) is 0. The minimum atomic E-state index is 0.218. The predicted octanol–water partition coefficient (Wildman–Crippen LogP) is 6.68.